The number of aliphatic hydroxyl groups excluding tert-OH is 1. The number of hydrogen-bond donors (Lipinski definition) is 3. The first-order valence-electron chi connectivity index (χ1n) is 13.2. The second-order valence-electron chi connectivity index (χ2n) is 11.2. The highest BCUT2D eigenvalue weighted by Gasteiger charge is 2.45. The van der Waals surface area contributed by atoms with Gasteiger partial charge in [-0.3, -0.25) is 9.69 Å². The van der Waals surface area contributed by atoms with Gasteiger partial charge in [0.2, 0.25) is 5.91 Å². The van der Waals surface area contributed by atoms with E-state index in [-0.39, 0.29) is 29.0 Å². The first-order valence-corrected chi connectivity index (χ1v) is 13.2. The molecule has 3 N–H and O–H groups in total. The highest BCUT2D eigenvalue weighted by molar-refractivity contribution is 5.78. The van der Waals surface area contributed by atoms with E-state index in [0.717, 1.165) is 64.2 Å². The number of alkyl halides is 3. The molecule has 0 unspecified atom stereocenters. The molecule has 3 fully saturated rings. The van der Waals surface area contributed by atoms with E-state index in [1.54, 1.807) is 13.0 Å². The molecule has 2 saturated heterocycles. The highest BCUT2D eigenvalue weighted by atomic mass is 19.4. The van der Waals surface area contributed by atoms with E-state index >= 15 is 0 Å². The lowest BCUT2D eigenvalue weighted by molar-refractivity contribution is -0.139. The lowest BCUT2D eigenvalue weighted by Crippen LogP contribution is -2.53. The van der Waals surface area contributed by atoms with Crippen LogP contribution in [0.15, 0.2) is 24.3 Å². The number of anilines is 1. The molecule has 1 aromatic heterocycles. The highest BCUT2D eigenvalue weighted by Crippen LogP contribution is 2.49. The molecule has 1 aliphatic carbocycles. The van der Waals surface area contributed by atoms with Crippen LogP contribution in [0.5, 0.6) is 5.75 Å². The number of aromatic hydroxyl groups is 1. The van der Waals surface area contributed by atoms with E-state index in [1.807, 2.05) is 4.90 Å². The molecule has 206 valence electrons. The van der Waals surface area contributed by atoms with Gasteiger partial charge in [0.15, 0.2) is 0 Å². The van der Waals surface area contributed by atoms with Crippen LogP contribution in [-0.4, -0.2) is 81.0 Å². The second-order valence-corrected chi connectivity index (χ2v) is 11.2. The zero-order chi connectivity index (χ0) is 27.1. The maximum Gasteiger partial charge on any atom is 0.416 e. The van der Waals surface area contributed by atoms with Crippen LogP contribution < -0.4 is 5.32 Å². The van der Waals surface area contributed by atoms with Gasteiger partial charge in [-0.05, 0) is 87.2 Å². The molecule has 5 rings (SSSR count). The topological polar surface area (TPSA) is 102 Å². The third-order valence-electron chi connectivity index (χ3n) is 8.30. The number of phenols is 1. The van der Waals surface area contributed by atoms with Crippen molar-refractivity contribution in [2.75, 3.05) is 38.0 Å². The molecule has 3 aliphatic rings. The van der Waals surface area contributed by atoms with Crippen molar-refractivity contribution in [2.45, 2.75) is 63.8 Å². The SMILES string of the molecule is Cc1cc(N[C@@H]2CCCN(CC(=O)N3CCC4(CC3)CC(O)C4)C2)nnc1-c1ccc(C(F)(F)F)cc1O. The number of carbonyl (C=O) groups is 1. The molecule has 11 heteroatoms. The number of nitrogens with zero attached hydrogens (tertiary/aromatic N) is 4. The summed E-state index contributed by atoms with van der Waals surface area (Å²) < 4.78 is 38.8. The Labute approximate surface area is 219 Å². The van der Waals surface area contributed by atoms with Crippen LogP contribution in [0.2, 0.25) is 0 Å². The van der Waals surface area contributed by atoms with E-state index in [2.05, 4.69) is 20.4 Å². The molecular formula is C27H34F3N5O3. The van der Waals surface area contributed by atoms with Crippen molar-refractivity contribution in [3.63, 3.8) is 0 Å². The number of rotatable bonds is 5. The van der Waals surface area contributed by atoms with Gasteiger partial charge in [-0.25, -0.2) is 0 Å². The van der Waals surface area contributed by atoms with E-state index in [4.69, 9.17) is 0 Å². The van der Waals surface area contributed by atoms with Crippen molar-refractivity contribution >= 4 is 11.7 Å². The minimum absolute atomic E-state index is 0.0802. The standard InChI is InChI=1S/C27H34F3N5O3/c1-17-11-23(32-33-25(17)21-5-4-18(12-22(21)37)27(28,29)30)31-19-3-2-8-34(15-19)16-24(38)35-9-6-26(7-10-35)13-20(36)14-26/h4-5,11-12,19-20,36-37H,2-3,6-10,13-16H2,1H3,(H,31,32)/t19-/m1/s1. The van der Waals surface area contributed by atoms with E-state index < -0.39 is 17.5 Å². The number of nitrogens with one attached hydrogen (secondary N) is 1. The van der Waals surface area contributed by atoms with E-state index in [1.165, 1.54) is 6.07 Å². The Hall–Kier alpha value is -2.92. The molecule has 38 heavy (non-hydrogen) atoms. The molecule has 1 saturated carbocycles. The average Bonchev–Trinajstić information content (AvgIpc) is 2.84. The first-order chi connectivity index (χ1) is 18.0. The minimum atomic E-state index is -4.54. The van der Waals surface area contributed by atoms with Crippen LogP contribution in [0.1, 0.15) is 49.7 Å². The Morgan fingerprint density at radius 3 is 2.53 bits per heavy atom. The largest absolute Gasteiger partial charge is 0.507 e. The maximum atomic E-state index is 12.9. The summed E-state index contributed by atoms with van der Waals surface area (Å²) in [7, 11) is 0. The number of likely N-dealkylation sites (tertiary alicyclic amines) is 2. The minimum Gasteiger partial charge on any atom is -0.507 e. The molecule has 8 nitrogen and oxygen atoms in total. The van der Waals surface area contributed by atoms with Gasteiger partial charge >= 0.3 is 6.18 Å². The summed E-state index contributed by atoms with van der Waals surface area (Å²) in [6.45, 7) is 5.21. The van der Waals surface area contributed by atoms with Gasteiger partial charge in [0, 0.05) is 31.2 Å². The van der Waals surface area contributed by atoms with Crippen LogP contribution in [0.25, 0.3) is 11.3 Å². The van der Waals surface area contributed by atoms with Crippen molar-refractivity contribution in [2.24, 2.45) is 5.41 Å². The van der Waals surface area contributed by atoms with Gasteiger partial charge in [-0.2, -0.15) is 13.2 Å². The van der Waals surface area contributed by atoms with Gasteiger partial charge in [-0.15, -0.1) is 10.2 Å². The average molecular weight is 534 g/mol. The van der Waals surface area contributed by atoms with Gasteiger partial charge < -0.3 is 20.4 Å². The van der Waals surface area contributed by atoms with Gasteiger partial charge in [0.05, 0.1) is 23.9 Å². The lowest BCUT2D eigenvalue weighted by Gasteiger charge is -2.50. The van der Waals surface area contributed by atoms with Crippen LogP contribution in [0.3, 0.4) is 0 Å². The van der Waals surface area contributed by atoms with Crippen LogP contribution in [0, 0.1) is 12.3 Å². The van der Waals surface area contributed by atoms with Crippen LogP contribution in [-0.2, 0) is 11.0 Å². The fourth-order valence-corrected chi connectivity index (χ4v) is 6.13. The normalized spacial score (nSPS) is 22.3. The molecule has 1 spiro atoms. The van der Waals surface area contributed by atoms with Gasteiger partial charge in [0.25, 0.3) is 0 Å². The van der Waals surface area contributed by atoms with Crippen molar-refractivity contribution in [3.8, 4) is 17.0 Å². The summed E-state index contributed by atoms with van der Waals surface area (Å²) in [6.07, 6.45) is 0.817. The van der Waals surface area contributed by atoms with Crippen LogP contribution in [0.4, 0.5) is 19.0 Å². The first kappa shape index (κ1) is 26.7. The summed E-state index contributed by atoms with van der Waals surface area (Å²) in [4.78, 5) is 17.1. The molecule has 1 aromatic carbocycles. The lowest BCUT2D eigenvalue weighted by atomic mass is 9.61. The molecule has 2 aliphatic heterocycles. The Balaban J connectivity index is 1.16. The molecule has 0 bridgehead atoms. The van der Waals surface area contributed by atoms with Crippen molar-refractivity contribution in [1.29, 1.82) is 0 Å². The Morgan fingerprint density at radius 2 is 1.89 bits per heavy atom. The molecule has 1 amide bonds. The van der Waals surface area contributed by atoms with Crippen LogP contribution >= 0.6 is 0 Å². The molecule has 1 atom stereocenters. The zero-order valence-corrected chi connectivity index (χ0v) is 21.5. The number of hydrogen-bond acceptors (Lipinski definition) is 7. The molecule has 0 radical (unpaired) electrons. The van der Waals surface area contributed by atoms with Gasteiger partial charge in [0.1, 0.15) is 11.6 Å². The summed E-state index contributed by atoms with van der Waals surface area (Å²) >= 11 is 0. The fourth-order valence-electron chi connectivity index (χ4n) is 6.13. The van der Waals surface area contributed by atoms with E-state index in [9.17, 15) is 28.2 Å². The molecular weight excluding hydrogens is 499 g/mol. The number of halogens is 3. The zero-order valence-electron chi connectivity index (χ0n) is 21.5. The number of carbonyl (C=O) groups excluding carboxylic acids is 1. The summed E-state index contributed by atoms with van der Waals surface area (Å²) in [5.41, 5.74) is 0.495. The van der Waals surface area contributed by atoms with Crippen molar-refractivity contribution in [1.82, 2.24) is 20.0 Å². The number of aliphatic hydroxyl groups is 1. The fraction of sp³-hybridized carbons (Fsp3) is 0.593. The summed E-state index contributed by atoms with van der Waals surface area (Å²) in [5, 5.41) is 31.6. The number of aryl methyl sites for hydroxylation is 1. The molecule has 2 aromatic rings. The number of piperidine rings is 2. The maximum absolute atomic E-state index is 12.9. The third kappa shape index (κ3) is 5.73. The Bertz CT molecular complexity index is 1180. The van der Waals surface area contributed by atoms with E-state index in [0.29, 0.717) is 36.2 Å². The quantitative estimate of drug-likeness (QED) is 0.537. The number of amides is 1. The van der Waals surface area contributed by atoms with Crippen molar-refractivity contribution in [3.05, 3.63) is 35.4 Å². The van der Waals surface area contributed by atoms with Gasteiger partial charge in [-0.1, -0.05) is 0 Å². The second kappa shape index (κ2) is 10.3. The van der Waals surface area contributed by atoms with Crippen molar-refractivity contribution < 1.29 is 28.2 Å². The smallest absolute Gasteiger partial charge is 0.416 e. The molecule has 3 heterocycles. The number of phenolic OH excluding ortho intramolecular Hbond substituents is 1. The Morgan fingerprint density at radius 1 is 1.16 bits per heavy atom. The number of aromatic nitrogens is 2. The Kier molecular flexibility index (Phi) is 7.25. The monoisotopic (exact) mass is 533 g/mol. The summed E-state index contributed by atoms with van der Waals surface area (Å²) in [6, 6.07) is 4.66. The predicted molar refractivity (Wildman–Crippen MR) is 135 cm³/mol. The number of benzene rings is 1. The summed E-state index contributed by atoms with van der Waals surface area (Å²) in [5.74, 6) is 0.191. The predicted octanol–water partition coefficient (Wildman–Crippen LogP) is 3.82. The third-order valence-corrected chi connectivity index (χ3v) is 8.30.